The van der Waals surface area contributed by atoms with Gasteiger partial charge in [0.1, 0.15) is 17.2 Å². The van der Waals surface area contributed by atoms with Crippen LogP contribution in [0.3, 0.4) is 0 Å². The summed E-state index contributed by atoms with van der Waals surface area (Å²) in [6, 6.07) is 12.6. The average Bonchev–Trinajstić information content (AvgIpc) is 2.48. The van der Waals surface area contributed by atoms with E-state index in [1.807, 2.05) is 51.1 Å². The van der Waals surface area contributed by atoms with E-state index < -0.39 is 6.10 Å². The van der Waals surface area contributed by atoms with Gasteiger partial charge in [0, 0.05) is 0 Å². The van der Waals surface area contributed by atoms with Crippen LogP contribution in [0.5, 0.6) is 17.2 Å². The lowest BCUT2D eigenvalue weighted by Gasteiger charge is -2.26. The molecule has 0 bridgehead atoms. The predicted octanol–water partition coefficient (Wildman–Crippen LogP) is 5.22. The van der Waals surface area contributed by atoms with Gasteiger partial charge < -0.3 is 14.6 Å². The third kappa shape index (κ3) is 3.93. The lowest BCUT2D eigenvalue weighted by atomic mass is 9.85. The Morgan fingerprint density at radius 2 is 1.59 bits per heavy atom. The molecule has 0 spiro atoms. The number of benzene rings is 2. The van der Waals surface area contributed by atoms with Crippen LogP contribution in [0.4, 0.5) is 0 Å². The van der Waals surface area contributed by atoms with Crippen molar-refractivity contribution in [3.63, 3.8) is 0 Å². The molecule has 1 N–H and O–H groups in total. The summed E-state index contributed by atoms with van der Waals surface area (Å²) in [6.07, 6.45) is -0.583. The molecule has 0 amide bonds. The molecule has 2 aromatic carbocycles. The third-order valence-electron chi connectivity index (χ3n) is 3.38. The second kappa shape index (κ2) is 6.59. The summed E-state index contributed by atoms with van der Waals surface area (Å²) in [6.45, 7) is 5.94. The van der Waals surface area contributed by atoms with Gasteiger partial charge >= 0.3 is 0 Å². The number of aliphatic hydroxyl groups is 1. The highest BCUT2D eigenvalue weighted by molar-refractivity contribution is 6.32. The van der Waals surface area contributed by atoms with E-state index in [0.29, 0.717) is 16.5 Å². The Kier molecular flexibility index (Phi) is 4.99. The second-order valence-electron chi connectivity index (χ2n) is 6.24. The van der Waals surface area contributed by atoms with E-state index in [2.05, 4.69) is 0 Å². The zero-order valence-corrected chi connectivity index (χ0v) is 14.0. The minimum Gasteiger partial charge on any atom is -0.497 e. The van der Waals surface area contributed by atoms with Gasteiger partial charge in [-0.05, 0) is 47.4 Å². The summed E-state index contributed by atoms with van der Waals surface area (Å²) in [5.74, 6) is 1.99. The third-order valence-corrected chi connectivity index (χ3v) is 3.67. The number of hydrogen-bond donors (Lipinski definition) is 1. The molecule has 0 aliphatic carbocycles. The number of halogens is 1. The van der Waals surface area contributed by atoms with Gasteiger partial charge in [-0.1, -0.05) is 38.4 Å². The van der Waals surface area contributed by atoms with Crippen LogP contribution in [0.2, 0.25) is 5.02 Å². The SMILES string of the molecule is COc1ccc(Oc2ccc(C(O)C(C)(C)C)cc2Cl)cc1. The van der Waals surface area contributed by atoms with Crippen molar-refractivity contribution in [2.45, 2.75) is 26.9 Å². The largest absolute Gasteiger partial charge is 0.497 e. The minimum atomic E-state index is -0.583. The van der Waals surface area contributed by atoms with Crippen LogP contribution in [0, 0.1) is 5.41 Å². The fourth-order valence-electron chi connectivity index (χ4n) is 2.04. The Morgan fingerprint density at radius 3 is 2.09 bits per heavy atom. The summed E-state index contributed by atoms with van der Waals surface area (Å²) in [4.78, 5) is 0. The van der Waals surface area contributed by atoms with Gasteiger partial charge in [0.15, 0.2) is 0 Å². The van der Waals surface area contributed by atoms with Gasteiger partial charge in [0.05, 0.1) is 18.2 Å². The molecule has 4 heteroatoms. The second-order valence-corrected chi connectivity index (χ2v) is 6.64. The number of aliphatic hydroxyl groups excluding tert-OH is 1. The van der Waals surface area contributed by atoms with Gasteiger partial charge in [-0.2, -0.15) is 0 Å². The van der Waals surface area contributed by atoms with Crippen LogP contribution < -0.4 is 9.47 Å². The Morgan fingerprint density at radius 1 is 1.00 bits per heavy atom. The van der Waals surface area contributed by atoms with Crippen molar-refractivity contribution in [3.8, 4) is 17.2 Å². The molecule has 0 fully saturated rings. The molecular weight excluding hydrogens is 300 g/mol. The number of methoxy groups -OCH3 is 1. The zero-order chi connectivity index (χ0) is 16.3. The zero-order valence-electron chi connectivity index (χ0n) is 13.3. The minimum absolute atomic E-state index is 0.248. The molecule has 1 atom stereocenters. The van der Waals surface area contributed by atoms with Crippen LogP contribution in [0.25, 0.3) is 0 Å². The Bertz CT molecular complexity index is 630. The Labute approximate surface area is 136 Å². The number of rotatable bonds is 4. The van der Waals surface area contributed by atoms with Crippen LogP contribution in [0.15, 0.2) is 42.5 Å². The smallest absolute Gasteiger partial charge is 0.146 e. The summed E-state index contributed by atoms with van der Waals surface area (Å²) < 4.78 is 10.9. The van der Waals surface area contributed by atoms with Crippen LogP contribution in [0.1, 0.15) is 32.4 Å². The highest BCUT2D eigenvalue weighted by atomic mass is 35.5. The normalized spacial score (nSPS) is 12.8. The quantitative estimate of drug-likeness (QED) is 0.839. The fraction of sp³-hybridized carbons (Fsp3) is 0.333. The molecule has 22 heavy (non-hydrogen) atoms. The van der Waals surface area contributed by atoms with E-state index in [1.54, 1.807) is 19.2 Å². The van der Waals surface area contributed by atoms with Gasteiger partial charge in [0.2, 0.25) is 0 Å². The van der Waals surface area contributed by atoms with Gasteiger partial charge in [0.25, 0.3) is 0 Å². The molecule has 0 saturated carbocycles. The van der Waals surface area contributed by atoms with Crippen molar-refractivity contribution in [1.82, 2.24) is 0 Å². The van der Waals surface area contributed by atoms with Crippen molar-refractivity contribution in [2.75, 3.05) is 7.11 Å². The van der Waals surface area contributed by atoms with Crippen LogP contribution >= 0.6 is 11.6 Å². The van der Waals surface area contributed by atoms with Crippen molar-refractivity contribution in [1.29, 1.82) is 0 Å². The molecule has 0 radical (unpaired) electrons. The van der Waals surface area contributed by atoms with E-state index in [4.69, 9.17) is 21.1 Å². The van der Waals surface area contributed by atoms with Gasteiger partial charge in [-0.3, -0.25) is 0 Å². The highest BCUT2D eigenvalue weighted by Gasteiger charge is 2.24. The molecule has 0 aromatic heterocycles. The van der Waals surface area contributed by atoms with Crippen molar-refractivity contribution < 1.29 is 14.6 Å². The molecule has 0 saturated heterocycles. The maximum atomic E-state index is 10.3. The molecule has 0 aliphatic rings. The first-order valence-corrected chi connectivity index (χ1v) is 7.48. The lowest BCUT2D eigenvalue weighted by molar-refractivity contribution is 0.0626. The van der Waals surface area contributed by atoms with Crippen LogP contribution in [-0.2, 0) is 0 Å². The highest BCUT2D eigenvalue weighted by Crippen LogP contribution is 2.37. The molecule has 3 nitrogen and oxygen atoms in total. The van der Waals surface area contributed by atoms with Crippen LogP contribution in [-0.4, -0.2) is 12.2 Å². The number of ether oxygens (including phenoxy) is 2. The monoisotopic (exact) mass is 320 g/mol. The van der Waals surface area contributed by atoms with E-state index in [9.17, 15) is 5.11 Å². The molecule has 0 aliphatic heterocycles. The summed E-state index contributed by atoms with van der Waals surface area (Å²) in [5, 5.41) is 10.8. The molecule has 2 aromatic rings. The molecule has 2 rings (SSSR count). The molecule has 118 valence electrons. The van der Waals surface area contributed by atoms with E-state index in [1.165, 1.54) is 0 Å². The first kappa shape index (κ1) is 16.7. The molecule has 0 heterocycles. The standard InChI is InChI=1S/C18H21ClO3/c1-18(2,3)17(20)12-5-10-16(15(19)11-12)22-14-8-6-13(21-4)7-9-14/h5-11,17,20H,1-4H3. The van der Waals surface area contributed by atoms with E-state index in [-0.39, 0.29) is 5.41 Å². The van der Waals surface area contributed by atoms with Crippen molar-refractivity contribution >= 4 is 11.6 Å². The van der Waals surface area contributed by atoms with E-state index in [0.717, 1.165) is 11.3 Å². The first-order valence-electron chi connectivity index (χ1n) is 7.10. The predicted molar refractivity (Wildman–Crippen MR) is 88.9 cm³/mol. The Balaban J connectivity index is 2.19. The van der Waals surface area contributed by atoms with Gasteiger partial charge in [-0.15, -0.1) is 0 Å². The summed E-state index contributed by atoms with van der Waals surface area (Å²) in [5.41, 5.74) is 0.529. The summed E-state index contributed by atoms with van der Waals surface area (Å²) >= 11 is 6.27. The lowest BCUT2D eigenvalue weighted by Crippen LogP contribution is -2.17. The average molecular weight is 321 g/mol. The first-order chi connectivity index (χ1) is 10.3. The molecular formula is C18H21ClO3. The maximum Gasteiger partial charge on any atom is 0.146 e. The fourth-order valence-corrected chi connectivity index (χ4v) is 2.27. The topological polar surface area (TPSA) is 38.7 Å². The van der Waals surface area contributed by atoms with Crippen molar-refractivity contribution in [2.24, 2.45) is 5.41 Å². The summed E-state index contributed by atoms with van der Waals surface area (Å²) in [7, 11) is 1.62. The maximum absolute atomic E-state index is 10.3. The Hall–Kier alpha value is -1.71. The van der Waals surface area contributed by atoms with Crippen molar-refractivity contribution in [3.05, 3.63) is 53.1 Å². The molecule has 1 unspecified atom stereocenters. The van der Waals surface area contributed by atoms with Gasteiger partial charge in [-0.25, -0.2) is 0 Å². The number of hydrogen-bond acceptors (Lipinski definition) is 3. The van der Waals surface area contributed by atoms with E-state index >= 15 is 0 Å².